The number of hydroxylamine groups is 1. The number of halogens is 1. The average molecular weight is 419 g/mol. The number of hydrogen-bond acceptors (Lipinski definition) is 5. The van der Waals surface area contributed by atoms with Gasteiger partial charge in [-0.15, -0.1) is 0 Å². The van der Waals surface area contributed by atoms with E-state index in [1.54, 1.807) is 29.7 Å². The Morgan fingerprint density at radius 2 is 1.55 bits per heavy atom. The van der Waals surface area contributed by atoms with Crippen LogP contribution in [0.1, 0.15) is 25.7 Å². The van der Waals surface area contributed by atoms with Crippen LogP contribution in [0.15, 0.2) is 53.4 Å². The highest BCUT2D eigenvalue weighted by Crippen LogP contribution is 2.45. The van der Waals surface area contributed by atoms with Gasteiger partial charge in [-0.25, -0.2) is 18.3 Å². The van der Waals surface area contributed by atoms with Gasteiger partial charge >= 0.3 is 0 Å². The Balaban J connectivity index is 1.60. The molecule has 0 saturated carbocycles. The van der Waals surface area contributed by atoms with E-state index in [9.17, 15) is 22.8 Å². The number of ether oxygens (including phenoxy) is 1. The molecule has 2 aromatic carbocycles. The number of carbonyl (C=O) groups excluding carboxylic acids is 1. The monoisotopic (exact) mass is 419 g/mol. The van der Waals surface area contributed by atoms with Crippen molar-refractivity contribution < 1.29 is 27.5 Å². The highest BCUT2D eigenvalue weighted by atomic mass is 32.2. The summed E-state index contributed by atoms with van der Waals surface area (Å²) < 4.78 is 45.1. The van der Waals surface area contributed by atoms with Crippen LogP contribution in [0, 0.1) is 11.2 Å². The molecular formula is C21H22FNO5S. The zero-order valence-electron chi connectivity index (χ0n) is 15.7. The molecule has 1 amide bonds. The quantitative estimate of drug-likeness (QED) is 0.574. The maximum Gasteiger partial charge on any atom is 0.250 e. The number of hydrogen-bond donors (Lipinski definition) is 2. The lowest BCUT2D eigenvalue weighted by Gasteiger charge is -2.38. The topological polar surface area (TPSA) is 92.7 Å². The number of benzene rings is 2. The average Bonchev–Trinajstić information content (AvgIpc) is 3.06. The zero-order chi connectivity index (χ0) is 20.6. The molecule has 4 rings (SSSR count). The second kappa shape index (κ2) is 7.51. The van der Waals surface area contributed by atoms with Gasteiger partial charge in [0.1, 0.15) is 5.82 Å². The first-order valence-electron chi connectivity index (χ1n) is 9.50. The smallest absolute Gasteiger partial charge is 0.250 e. The Hall–Kier alpha value is -2.29. The molecule has 0 aromatic heterocycles. The summed E-state index contributed by atoms with van der Waals surface area (Å²) in [6.07, 6.45) is 1.78. The van der Waals surface area contributed by atoms with Crippen molar-refractivity contribution in [2.24, 2.45) is 5.41 Å². The molecule has 154 valence electrons. The van der Waals surface area contributed by atoms with E-state index in [1.807, 2.05) is 0 Å². The molecule has 2 fully saturated rings. The molecule has 0 spiro atoms. The van der Waals surface area contributed by atoms with Crippen molar-refractivity contribution in [3.05, 3.63) is 54.3 Å². The second-order valence-corrected chi connectivity index (χ2v) is 9.87. The van der Waals surface area contributed by atoms with Gasteiger partial charge in [0.25, 0.3) is 5.91 Å². The Morgan fingerprint density at radius 3 is 2.07 bits per heavy atom. The SMILES string of the molecule is O=C(NO)C1(CS(=O)(=O)c2ccc(-c3ccc(F)cc3)cc2)CC2CCC(C1)O2. The first-order valence-corrected chi connectivity index (χ1v) is 11.2. The van der Waals surface area contributed by atoms with Crippen LogP contribution >= 0.6 is 0 Å². The molecule has 2 atom stereocenters. The maximum absolute atomic E-state index is 13.1. The molecular weight excluding hydrogens is 397 g/mol. The highest BCUT2D eigenvalue weighted by molar-refractivity contribution is 7.91. The lowest BCUT2D eigenvalue weighted by atomic mass is 9.78. The zero-order valence-corrected chi connectivity index (χ0v) is 16.5. The summed E-state index contributed by atoms with van der Waals surface area (Å²) in [5.41, 5.74) is 1.98. The summed E-state index contributed by atoms with van der Waals surface area (Å²) in [4.78, 5) is 12.6. The van der Waals surface area contributed by atoms with E-state index in [1.165, 1.54) is 24.3 Å². The molecule has 2 aromatic rings. The van der Waals surface area contributed by atoms with Crippen LogP contribution in [0.5, 0.6) is 0 Å². The van der Waals surface area contributed by atoms with E-state index in [2.05, 4.69) is 0 Å². The van der Waals surface area contributed by atoms with Gasteiger partial charge in [-0.2, -0.15) is 0 Å². The summed E-state index contributed by atoms with van der Waals surface area (Å²) in [6, 6.07) is 12.2. The predicted octanol–water partition coefficient (Wildman–Crippen LogP) is 3.10. The van der Waals surface area contributed by atoms with E-state index < -0.39 is 26.9 Å². The Kier molecular flexibility index (Phi) is 5.18. The van der Waals surface area contributed by atoms with E-state index in [0.717, 1.165) is 24.0 Å². The van der Waals surface area contributed by atoms with Crippen molar-refractivity contribution in [3.8, 4) is 11.1 Å². The van der Waals surface area contributed by atoms with Crippen molar-refractivity contribution in [2.75, 3.05) is 5.75 Å². The van der Waals surface area contributed by atoms with Gasteiger partial charge in [-0.1, -0.05) is 24.3 Å². The van der Waals surface area contributed by atoms with Crippen LogP contribution in [-0.4, -0.2) is 37.5 Å². The van der Waals surface area contributed by atoms with Gasteiger partial charge in [0.2, 0.25) is 0 Å². The van der Waals surface area contributed by atoms with Crippen LogP contribution in [0.2, 0.25) is 0 Å². The van der Waals surface area contributed by atoms with Crippen LogP contribution in [0.3, 0.4) is 0 Å². The van der Waals surface area contributed by atoms with Crippen molar-refractivity contribution in [1.29, 1.82) is 0 Å². The van der Waals surface area contributed by atoms with E-state index >= 15 is 0 Å². The van der Waals surface area contributed by atoms with Crippen molar-refractivity contribution in [1.82, 2.24) is 5.48 Å². The molecule has 2 unspecified atom stereocenters. The number of amides is 1. The lowest BCUT2D eigenvalue weighted by Crippen LogP contribution is -2.50. The molecule has 0 radical (unpaired) electrons. The fourth-order valence-corrected chi connectivity index (χ4v) is 6.28. The van der Waals surface area contributed by atoms with Crippen LogP contribution in [0.4, 0.5) is 4.39 Å². The van der Waals surface area contributed by atoms with Crippen LogP contribution < -0.4 is 5.48 Å². The second-order valence-electron chi connectivity index (χ2n) is 7.88. The Labute approximate surface area is 168 Å². The third kappa shape index (κ3) is 3.92. The maximum atomic E-state index is 13.1. The Morgan fingerprint density at radius 1 is 1.03 bits per heavy atom. The van der Waals surface area contributed by atoms with Gasteiger partial charge in [0.15, 0.2) is 9.84 Å². The molecule has 2 N–H and O–H groups in total. The number of nitrogens with one attached hydrogen (secondary N) is 1. The Bertz CT molecular complexity index is 992. The summed E-state index contributed by atoms with van der Waals surface area (Å²) in [6.45, 7) is 0. The standard InChI is InChI=1S/C21H22FNO5S/c22-16-5-1-14(2-6-16)15-3-9-19(10-4-15)29(26,27)13-21(20(24)23-25)11-17-7-8-18(12-21)28-17/h1-6,9-10,17-18,25H,7-8,11-13H2,(H,23,24). The van der Waals surface area contributed by atoms with E-state index in [0.29, 0.717) is 0 Å². The van der Waals surface area contributed by atoms with Crippen molar-refractivity contribution >= 4 is 15.7 Å². The fourth-order valence-electron chi connectivity index (χ4n) is 4.47. The van der Waals surface area contributed by atoms with Gasteiger partial charge in [0, 0.05) is 0 Å². The molecule has 29 heavy (non-hydrogen) atoms. The summed E-state index contributed by atoms with van der Waals surface area (Å²) in [5.74, 6) is -1.41. The summed E-state index contributed by atoms with van der Waals surface area (Å²) in [7, 11) is -3.79. The molecule has 2 heterocycles. The minimum Gasteiger partial charge on any atom is -0.375 e. The summed E-state index contributed by atoms with van der Waals surface area (Å²) in [5, 5.41) is 9.23. The van der Waals surface area contributed by atoms with E-state index in [4.69, 9.17) is 4.74 Å². The fraction of sp³-hybridized carbons (Fsp3) is 0.381. The third-order valence-electron chi connectivity index (χ3n) is 5.87. The van der Waals surface area contributed by atoms with Crippen LogP contribution in [0.25, 0.3) is 11.1 Å². The molecule has 8 heteroatoms. The summed E-state index contributed by atoms with van der Waals surface area (Å²) >= 11 is 0. The molecule has 6 nitrogen and oxygen atoms in total. The number of fused-ring (bicyclic) bond motifs is 2. The number of carbonyl (C=O) groups is 1. The molecule has 2 aliphatic heterocycles. The minimum atomic E-state index is -3.79. The van der Waals surface area contributed by atoms with Crippen LogP contribution in [-0.2, 0) is 19.4 Å². The molecule has 2 bridgehead atoms. The normalized spacial score (nSPS) is 26.3. The highest BCUT2D eigenvalue weighted by Gasteiger charge is 2.51. The molecule has 2 saturated heterocycles. The van der Waals surface area contributed by atoms with Crippen molar-refractivity contribution in [2.45, 2.75) is 42.8 Å². The lowest BCUT2D eigenvalue weighted by molar-refractivity contribution is -0.148. The first kappa shape index (κ1) is 20.0. The third-order valence-corrected chi connectivity index (χ3v) is 7.80. The number of rotatable bonds is 5. The molecule has 0 aliphatic carbocycles. The van der Waals surface area contributed by atoms with Gasteiger partial charge in [-0.05, 0) is 61.1 Å². The molecule has 2 aliphatic rings. The van der Waals surface area contributed by atoms with Gasteiger partial charge < -0.3 is 4.74 Å². The van der Waals surface area contributed by atoms with E-state index in [-0.39, 0.29) is 35.8 Å². The largest absolute Gasteiger partial charge is 0.375 e. The van der Waals surface area contributed by atoms with Crippen molar-refractivity contribution in [3.63, 3.8) is 0 Å². The number of sulfone groups is 1. The van der Waals surface area contributed by atoms with Gasteiger partial charge in [0.05, 0.1) is 28.3 Å². The van der Waals surface area contributed by atoms with Gasteiger partial charge in [-0.3, -0.25) is 10.0 Å². The minimum absolute atomic E-state index is 0.104. The first-order chi connectivity index (χ1) is 13.8. The predicted molar refractivity (Wildman–Crippen MR) is 103 cm³/mol.